The Morgan fingerprint density at radius 2 is 2.45 bits per heavy atom. The molecule has 2 heterocycles. The largest absolute Gasteiger partial charge is 0.374 e. The van der Waals surface area contributed by atoms with Crippen LogP contribution in [0, 0.1) is 5.92 Å². The normalized spacial score (nSPS) is 30.1. The van der Waals surface area contributed by atoms with E-state index in [1.54, 1.807) is 21.8 Å². The number of hydrogen-bond donors (Lipinski definition) is 0. The van der Waals surface area contributed by atoms with E-state index in [2.05, 4.69) is 4.98 Å². The predicted octanol–water partition coefficient (Wildman–Crippen LogP) is 1.49. The number of rotatable bonds is 5. The van der Waals surface area contributed by atoms with Crippen LogP contribution in [0.5, 0.6) is 0 Å². The van der Waals surface area contributed by atoms with Crippen LogP contribution in [0.25, 0.3) is 0 Å². The Morgan fingerprint density at radius 3 is 3.18 bits per heavy atom. The van der Waals surface area contributed by atoms with E-state index in [1.807, 2.05) is 5.38 Å². The van der Waals surface area contributed by atoms with Crippen molar-refractivity contribution < 1.29 is 17.9 Å². The van der Waals surface area contributed by atoms with Crippen LogP contribution >= 0.6 is 11.3 Å². The van der Waals surface area contributed by atoms with Gasteiger partial charge in [-0.3, -0.25) is 0 Å². The zero-order valence-electron chi connectivity index (χ0n) is 12.7. The first-order valence-electron chi connectivity index (χ1n) is 7.55. The molecule has 2 aliphatic rings. The molecule has 1 spiro atoms. The summed E-state index contributed by atoms with van der Waals surface area (Å²) in [5.74, 6) is 0.247. The molecule has 0 N–H and O–H groups in total. The highest BCUT2D eigenvalue weighted by Gasteiger charge is 2.48. The molecule has 6 nitrogen and oxygen atoms in total. The third kappa shape index (κ3) is 3.51. The molecule has 1 aromatic heterocycles. The molecular formula is C14H22N2O4S2. The highest BCUT2D eigenvalue weighted by atomic mass is 32.2. The summed E-state index contributed by atoms with van der Waals surface area (Å²) >= 11 is 1.58. The monoisotopic (exact) mass is 346 g/mol. The lowest BCUT2D eigenvalue weighted by Gasteiger charge is -2.43. The average Bonchev–Trinajstić information content (AvgIpc) is 3.10. The number of nitrogens with zero attached hydrogens (tertiary/aromatic N) is 2. The van der Waals surface area contributed by atoms with Crippen molar-refractivity contribution in [1.29, 1.82) is 0 Å². The van der Waals surface area contributed by atoms with E-state index >= 15 is 0 Å². The van der Waals surface area contributed by atoms with Crippen LogP contribution in [0.4, 0.5) is 0 Å². The minimum Gasteiger partial charge on any atom is -0.374 e. The second kappa shape index (κ2) is 6.52. The van der Waals surface area contributed by atoms with Crippen molar-refractivity contribution in [3.05, 3.63) is 16.6 Å². The third-order valence-electron chi connectivity index (χ3n) is 4.57. The first-order chi connectivity index (χ1) is 10.5. The van der Waals surface area contributed by atoms with Gasteiger partial charge < -0.3 is 9.47 Å². The number of morpholine rings is 1. The van der Waals surface area contributed by atoms with Crippen molar-refractivity contribution in [2.24, 2.45) is 5.92 Å². The fourth-order valence-corrected chi connectivity index (χ4v) is 4.83. The molecule has 0 amide bonds. The topological polar surface area (TPSA) is 68.7 Å². The lowest BCUT2D eigenvalue weighted by Crippen LogP contribution is -2.55. The molecule has 0 radical (unpaired) electrons. The van der Waals surface area contributed by atoms with Crippen molar-refractivity contribution in [3.63, 3.8) is 0 Å². The molecule has 2 atom stereocenters. The zero-order chi connectivity index (χ0) is 15.6. The van der Waals surface area contributed by atoms with Gasteiger partial charge >= 0.3 is 0 Å². The molecule has 1 aromatic rings. The molecule has 3 rings (SSSR count). The Balaban J connectivity index is 1.61. The summed E-state index contributed by atoms with van der Waals surface area (Å²) < 4.78 is 37.1. The smallest absolute Gasteiger partial charge is 0.211 e. The third-order valence-corrected chi connectivity index (χ3v) is 6.57. The highest BCUT2D eigenvalue weighted by Crippen LogP contribution is 2.41. The number of sulfonamides is 1. The number of hydrogen-bond acceptors (Lipinski definition) is 6. The van der Waals surface area contributed by atoms with E-state index in [-0.39, 0.29) is 11.5 Å². The molecule has 1 aliphatic heterocycles. The van der Waals surface area contributed by atoms with Crippen LogP contribution in [0.2, 0.25) is 0 Å². The van der Waals surface area contributed by atoms with E-state index in [1.165, 1.54) is 6.26 Å². The van der Waals surface area contributed by atoms with Crippen molar-refractivity contribution in [3.8, 4) is 0 Å². The Morgan fingerprint density at radius 1 is 1.59 bits per heavy atom. The maximum absolute atomic E-state index is 11.8. The predicted molar refractivity (Wildman–Crippen MR) is 84.2 cm³/mol. The summed E-state index contributed by atoms with van der Waals surface area (Å²) in [6.45, 7) is 2.48. The standard InChI is InChI=1S/C14H22N2O4S2/c1-22(17,18)16-6-7-20-14(11-16)4-2-3-12(14)9-19-10-13-15-5-8-21-13/h5,8,12H,2-4,6-7,9-11H2,1H3/t12-,14+/m0/s1. The quantitative estimate of drug-likeness (QED) is 0.808. The lowest BCUT2D eigenvalue weighted by molar-refractivity contribution is -0.127. The maximum atomic E-state index is 11.8. The van der Waals surface area contributed by atoms with Gasteiger partial charge in [0.2, 0.25) is 10.0 Å². The summed E-state index contributed by atoms with van der Waals surface area (Å²) in [7, 11) is -3.16. The van der Waals surface area contributed by atoms with Gasteiger partial charge in [0.05, 0.1) is 31.7 Å². The molecular weight excluding hydrogens is 324 g/mol. The van der Waals surface area contributed by atoms with Gasteiger partial charge in [0.1, 0.15) is 5.01 Å². The molecule has 1 saturated carbocycles. The van der Waals surface area contributed by atoms with Gasteiger partial charge in [-0.05, 0) is 12.8 Å². The highest BCUT2D eigenvalue weighted by molar-refractivity contribution is 7.88. The van der Waals surface area contributed by atoms with Gasteiger partial charge in [0.25, 0.3) is 0 Å². The molecule has 2 fully saturated rings. The van der Waals surface area contributed by atoms with E-state index in [0.717, 1.165) is 24.3 Å². The van der Waals surface area contributed by atoms with Crippen molar-refractivity contribution in [2.75, 3.05) is 32.6 Å². The molecule has 0 aromatic carbocycles. The molecule has 0 bridgehead atoms. The van der Waals surface area contributed by atoms with Crippen LogP contribution in [-0.4, -0.2) is 55.9 Å². The Kier molecular flexibility index (Phi) is 4.84. The van der Waals surface area contributed by atoms with Gasteiger partial charge in [-0.15, -0.1) is 11.3 Å². The summed E-state index contributed by atoms with van der Waals surface area (Å²) in [5, 5.41) is 2.90. The second-order valence-electron chi connectivity index (χ2n) is 6.04. The SMILES string of the molecule is CS(=O)(=O)N1CCO[C@]2(CCC[C@H]2COCc2nccs2)C1. The van der Waals surface area contributed by atoms with Crippen molar-refractivity contribution in [2.45, 2.75) is 31.5 Å². The molecule has 0 unspecified atom stereocenters. The average molecular weight is 346 g/mol. The Labute approximate surface area is 135 Å². The summed E-state index contributed by atoms with van der Waals surface area (Å²) in [4.78, 5) is 4.20. The first kappa shape index (κ1) is 16.3. The van der Waals surface area contributed by atoms with Crippen LogP contribution < -0.4 is 0 Å². The van der Waals surface area contributed by atoms with Crippen molar-refractivity contribution >= 4 is 21.4 Å². The summed E-state index contributed by atoms with van der Waals surface area (Å²) in [6.07, 6.45) is 6.03. The lowest BCUT2D eigenvalue weighted by atomic mass is 9.90. The Bertz CT molecular complexity index is 590. The summed E-state index contributed by atoms with van der Waals surface area (Å²) in [6, 6.07) is 0. The molecule has 22 heavy (non-hydrogen) atoms. The van der Waals surface area contributed by atoms with Gasteiger partial charge in [0.15, 0.2) is 0 Å². The van der Waals surface area contributed by atoms with Crippen LogP contribution in [-0.2, 0) is 26.1 Å². The first-order valence-corrected chi connectivity index (χ1v) is 10.3. The van der Waals surface area contributed by atoms with E-state index < -0.39 is 10.0 Å². The fraction of sp³-hybridized carbons (Fsp3) is 0.786. The van der Waals surface area contributed by atoms with Gasteiger partial charge in [-0.2, -0.15) is 4.31 Å². The molecule has 1 aliphatic carbocycles. The minimum absolute atomic E-state index is 0.247. The zero-order valence-corrected chi connectivity index (χ0v) is 14.4. The molecule has 124 valence electrons. The molecule has 8 heteroatoms. The van der Waals surface area contributed by atoms with Gasteiger partial charge in [-0.25, -0.2) is 13.4 Å². The molecule has 1 saturated heterocycles. The number of aromatic nitrogens is 1. The number of thiazole rings is 1. The maximum Gasteiger partial charge on any atom is 0.211 e. The summed E-state index contributed by atoms with van der Waals surface area (Å²) in [5.41, 5.74) is -0.371. The van der Waals surface area contributed by atoms with E-state index in [0.29, 0.717) is 32.9 Å². The van der Waals surface area contributed by atoms with E-state index in [4.69, 9.17) is 9.47 Å². The van der Waals surface area contributed by atoms with Gasteiger partial charge in [-0.1, -0.05) is 6.42 Å². The van der Waals surface area contributed by atoms with Crippen LogP contribution in [0.1, 0.15) is 24.3 Å². The van der Waals surface area contributed by atoms with E-state index in [9.17, 15) is 8.42 Å². The minimum atomic E-state index is -3.16. The van der Waals surface area contributed by atoms with Crippen molar-refractivity contribution in [1.82, 2.24) is 9.29 Å². The Hall–Kier alpha value is -0.540. The fourth-order valence-electron chi connectivity index (χ4n) is 3.42. The van der Waals surface area contributed by atoms with Crippen LogP contribution in [0.3, 0.4) is 0 Å². The second-order valence-corrected chi connectivity index (χ2v) is 9.00. The number of ether oxygens (including phenoxy) is 2. The van der Waals surface area contributed by atoms with Crippen LogP contribution in [0.15, 0.2) is 11.6 Å². The van der Waals surface area contributed by atoms with Gasteiger partial charge in [0, 0.05) is 30.6 Å².